The third-order valence-corrected chi connectivity index (χ3v) is 7.35. The Morgan fingerprint density at radius 3 is 2.95 bits per heavy atom. The highest BCUT2D eigenvalue weighted by Gasteiger charge is 2.42. The second-order valence-corrected chi connectivity index (χ2v) is 9.45. The number of hydrogen-bond donors (Lipinski definition) is 2. The lowest BCUT2D eigenvalue weighted by atomic mass is 9.92. The Bertz CT molecular complexity index is 1690. The Morgan fingerprint density at radius 1 is 1.16 bits per heavy atom. The van der Waals surface area contributed by atoms with Crippen LogP contribution in [0.2, 0.25) is 5.02 Å². The van der Waals surface area contributed by atoms with Crippen LogP contribution < -0.4 is 0 Å². The van der Waals surface area contributed by atoms with Crippen molar-refractivity contribution in [3.05, 3.63) is 71.7 Å². The lowest BCUT2D eigenvalue weighted by Gasteiger charge is -2.33. The maximum atomic E-state index is 15.3. The first-order valence-corrected chi connectivity index (χ1v) is 12.0. The number of hydrogen-bond acceptors (Lipinski definition) is 7. The highest BCUT2D eigenvalue weighted by molar-refractivity contribution is 6.31. The molecule has 13 heteroatoms. The normalized spacial score (nSPS) is 19.5. The summed E-state index contributed by atoms with van der Waals surface area (Å²) in [6.45, 7) is 0. The van der Waals surface area contributed by atoms with Gasteiger partial charge >= 0.3 is 0 Å². The van der Waals surface area contributed by atoms with E-state index in [9.17, 15) is 4.79 Å². The summed E-state index contributed by atoms with van der Waals surface area (Å²) in [5.74, 6) is -0.0958. The number of aromatic nitrogens is 9. The molecule has 0 saturated carbocycles. The molecule has 5 aromatic rings. The van der Waals surface area contributed by atoms with Crippen LogP contribution in [0, 0.1) is 5.82 Å². The zero-order valence-corrected chi connectivity index (χ0v) is 19.9. The van der Waals surface area contributed by atoms with E-state index in [-0.39, 0.29) is 28.6 Å². The average molecular weight is 517 g/mol. The highest BCUT2D eigenvalue weighted by atomic mass is 35.5. The van der Waals surface area contributed by atoms with Crippen LogP contribution in [0.5, 0.6) is 0 Å². The van der Waals surface area contributed by atoms with Crippen LogP contribution >= 0.6 is 11.6 Å². The summed E-state index contributed by atoms with van der Waals surface area (Å²) in [4.78, 5) is 34.7. The molecule has 2 atom stereocenters. The first kappa shape index (κ1) is 21.8. The smallest absolute Gasteiger partial charge is 0.247 e. The molecule has 0 aliphatic carbocycles. The number of carbonyl (C=O) groups is 1. The fraction of sp³-hybridized carbons (Fsp3) is 0.208. The van der Waals surface area contributed by atoms with Crippen molar-refractivity contribution in [1.29, 1.82) is 0 Å². The Hall–Kier alpha value is -4.45. The third-order valence-electron chi connectivity index (χ3n) is 7.06. The van der Waals surface area contributed by atoms with Crippen LogP contribution in [0.4, 0.5) is 4.39 Å². The topological polar surface area (TPSA) is 134 Å². The number of tetrazole rings is 1. The average Bonchev–Trinajstić information content (AvgIpc) is 3.71. The van der Waals surface area contributed by atoms with Gasteiger partial charge in [-0.3, -0.25) is 4.79 Å². The molecule has 7 rings (SSSR count). The van der Waals surface area contributed by atoms with Gasteiger partial charge in [-0.2, -0.15) is 4.68 Å². The van der Waals surface area contributed by atoms with Crippen molar-refractivity contribution in [1.82, 2.24) is 50.0 Å². The molecule has 0 unspecified atom stereocenters. The van der Waals surface area contributed by atoms with Gasteiger partial charge in [-0.25, -0.2) is 19.3 Å². The summed E-state index contributed by atoms with van der Waals surface area (Å²) in [5.41, 5.74) is 3.68. The number of fused-ring (bicyclic) bond motifs is 2. The number of H-pyrrole nitrogens is 2. The van der Waals surface area contributed by atoms with Gasteiger partial charge < -0.3 is 14.9 Å². The molecule has 1 fully saturated rings. The van der Waals surface area contributed by atoms with Crippen LogP contribution in [-0.2, 0) is 4.79 Å². The van der Waals surface area contributed by atoms with Crippen LogP contribution in [0.3, 0.4) is 0 Å². The second kappa shape index (κ2) is 8.30. The van der Waals surface area contributed by atoms with Crippen molar-refractivity contribution in [3.63, 3.8) is 0 Å². The van der Waals surface area contributed by atoms with Gasteiger partial charge in [-0.1, -0.05) is 11.6 Å². The molecule has 1 saturated heterocycles. The minimum Gasteiger partial charge on any atom is -0.345 e. The van der Waals surface area contributed by atoms with E-state index in [1.807, 2.05) is 11.1 Å². The summed E-state index contributed by atoms with van der Waals surface area (Å²) < 4.78 is 16.7. The molecule has 0 radical (unpaired) electrons. The molecular weight excluding hydrogens is 499 g/mol. The molecule has 11 nitrogen and oxygen atoms in total. The van der Waals surface area contributed by atoms with Crippen molar-refractivity contribution in [2.24, 2.45) is 0 Å². The number of nitrogens with zero attached hydrogens (tertiary/aromatic N) is 8. The van der Waals surface area contributed by atoms with E-state index in [0.29, 0.717) is 23.5 Å². The second-order valence-electron chi connectivity index (χ2n) is 9.05. The van der Waals surface area contributed by atoms with Crippen LogP contribution in [0.1, 0.15) is 36.7 Å². The summed E-state index contributed by atoms with van der Waals surface area (Å²) >= 11 is 6.12. The van der Waals surface area contributed by atoms with Crippen LogP contribution in [-0.4, -0.2) is 62.0 Å². The van der Waals surface area contributed by atoms with Crippen molar-refractivity contribution in [3.8, 4) is 16.9 Å². The van der Waals surface area contributed by atoms with Gasteiger partial charge in [0.15, 0.2) is 5.82 Å². The lowest BCUT2D eigenvalue weighted by Crippen LogP contribution is -2.39. The number of benzene rings is 1. The summed E-state index contributed by atoms with van der Waals surface area (Å²) in [5, 5.41) is 12.0. The zero-order valence-electron chi connectivity index (χ0n) is 19.1. The Morgan fingerprint density at radius 2 is 2.08 bits per heavy atom. The van der Waals surface area contributed by atoms with Crippen molar-refractivity contribution >= 4 is 34.1 Å². The molecule has 2 aliphatic heterocycles. The van der Waals surface area contributed by atoms with Gasteiger partial charge in [-0.05, 0) is 47.4 Å². The molecule has 184 valence electrons. The standard InChI is InChI=1S/C24H18ClFN10O/c25-16-2-4-18(35-11-31-33-34-35)21(22(16)26)12-5-13-1-3-19(36(13)20(37)6-12)24-29-9-17(32-24)14-8-28-23-15(14)7-27-10-30-23/h2,4,6-11,13,19H,1,3,5H2,(H,29,32)(H,27,28,30)/t13-,19-/m0/s1. The molecule has 6 heterocycles. The van der Waals surface area contributed by atoms with E-state index < -0.39 is 5.82 Å². The van der Waals surface area contributed by atoms with Gasteiger partial charge in [0, 0.05) is 41.0 Å². The first-order valence-electron chi connectivity index (χ1n) is 11.7. The molecule has 0 spiro atoms. The molecule has 1 amide bonds. The molecule has 1 aromatic carbocycles. The number of carbonyl (C=O) groups excluding carboxylic acids is 1. The number of imidazole rings is 1. The van der Waals surface area contributed by atoms with Crippen LogP contribution in [0.25, 0.3) is 33.6 Å². The van der Waals surface area contributed by atoms with Crippen molar-refractivity contribution in [2.45, 2.75) is 31.3 Å². The predicted molar refractivity (Wildman–Crippen MR) is 131 cm³/mol. The highest BCUT2D eigenvalue weighted by Crippen LogP contribution is 2.44. The van der Waals surface area contributed by atoms with E-state index >= 15 is 4.39 Å². The van der Waals surface area contributed by atoms with Crippen molar-refractivity contribution < 1.29 is 9.18 Å². The monoisotopic (exact) mass is 516 g/mol. The van der Waals surface area contributed by atoms with E-state index in [1.165, 1.54) is 29.5 Å². The minimum absolute atomic E-state index is 0.0299. The Labute approximate surface area is 213 Å². The summed E-state index contributed by atoms with van der Waals surface area (Å²) in [6.07, 6.45) is 11.7. The number of nitrogens with one attached hydrogen (secondary N) is 2. The molecular formula is C24H18ClFN10O. The summed E-state index contributed by atoms with van der Waals surface area (Å²) in [7, 11) is 0. The largest absolute Gasteiger partial charge is 0.345 e. The molecule has 2 aliphatic rings. The third kappa shape index (κ3) is 3.44. The van der Waals surface area contributed by atoms with Crippen LogP contribution in [0.15, 0.2) is 49.5 Å². The maximum absolute atomic E-state index is 15.3. The van der Waals surface area contributed by atoms with Crippen molar-refractivity contribution in [2.75, 3.05) is 0 Å². The lowest BCUT2D eigenvalue weighted by molar-refractivity contribution is -0.129. The van der Waals surface area contributed by atoms with E-state index in [1.54, 1.807) is 18.5 Å². The van der Waals surface area contributed by atoms with E-state index in [0.717, 1.165) is 35.1 Å². The Kier molecular flexibility index (Phi) is 4.89. The van der Waals surface area contributed by atoms with Gasteiger partial charge in [0.05, 0.1) is 28.6 Å². The van der Waals surface area contributed by atoms with E-state index in [4.69, 9.17) is 11.6 Å². The fourth-order valence-corrected chi connectivity index (χ4v) is 5.59. The number of rotatable bonds is 4. The molecule has 2 N–H and O–H groups in total. The number of aromatic amines is 2. The molecule has 0 bridgehead atoms. The molecule has 37 heavy (non-hydrogen) atoms. The number of halogens is 2. The SMILES string of the molecule is O=C1C=C(c2c(-n3cnnn3)ccc(Cl)c2F)C[C@@H]2CC[C@@H](c3ncc(-c4c[nH]c5ncncc45)[nH]3)N12. The van der Waals surface area contributed by atoms with E-state index in [2.05, 4.69) is 40.4 Å². The maximum Gasteiger partial charge on any atom is 0.247 e. The molecule has 4 aromatic heterocycles. The Balaban J connectivity index is 1.22. The number of amides is 1. The minimum atomic E-state index is -0.602. The van der Waals surface area contributed by atoms with Gasteiger partial charge in [0.1, 0.15) is 24.1 Å². The van der Waals surface area contributed by atoms with Gasteiger partial charge in [0.25, 0.3) is 0 Å². The van der Waals surface area contributed by atoms with Gasteiger partial charge in [0.2, 0.25) is 5.91 Å². The first-order chi connectivity index (χ1) is 18.1. The summed E-state index contributed by atoms with van der Waals surface area (Å²) in [6, 6.07) is 2.78. The van der Waals surface area contributed by atoms with Gasteiger partial charge in [-0.15, -0.1) is 5.10 Å². The quantitative estimate of drug-likeness (QED) is 0.372. The fourth-order valence-electron chi connectivity index (χ4n) is 5.43. The zero-order chi connectivity index (χ0) is 25.1. The predicted octanol–water partition coefficient (Wildman–Crippen LogP) is 3.64.